The van der Waals surface area contributed by atoms with Crippen LogP contribution in [0.4, 0.5) is 5.69 Å². The van der Waals surface area contributed by atoms with Gasteiger partial charge in [-0.2, -0.15) is 0 Å². The van der Waals surface area contributed by atoms with Gasteiger partial charge in [0.15, 0.2) is 0 Å². The third-order valence-corrected chi connectivity index (χ3v) is 4.26. The molecule has 1 aromatic rings. The molecule has 0 bridgehead atoms. The van der Waals surface area contributed by atoms with Crippen molar-refractivity contribution >= 4 is 29.9 Å². The molecule has 0 aromatic heterocycles. The lowest BCUT2D eigenvalue weighted by Crippen LogP contribution is -2.44. The van der Waals surface area contributed by atoms with Crippen LogP contribution in [-0.4, -0.2) is 24.4 Å². The first kappa shape index (κ1) is 19.5. The van der Waals surface area contributed by atoms with Crippen molar-refractivity contribution in [3.63, 3.8) is 0 Å². The highest BCUT2D eigenvalue weighted by molar-refractivity contribution is 5.97. The Morgan fingerprint density at radius 3 is 2.70 bits per heavy atom. The summed E-state index contributed by atoms with van der Waals surface area (Å²) in [7, 11) is 0. The molecule has 23 heavy (non-hydrogen) atoms. The predicted molar refractivity (Wildman–Crippen MR) is 94.9 cm³/mol. The van der Waals surface area contributed by atoms with Gasteiger partial charge in [0.05, 0.1) is 0 Å². The molecule has 6 heteroatoms. The third-order valence-electron chi connectivity index (χ3n) is 4.26. The van der Waals surface area contributed by atoms with Crippen LogP contribution in [0.25, 0.3) is 0 Å². The van der Waals surface area contributed by atoms with Gasteiger partial charge in [-0.05, 0) is 43.5 Å². The minimum absolute atomic E-state index is 0. The average molecular weight is 340 g/mol. The molecule has 1 aliphatic carbocycles. The lowest BCUT2D eigenvalue weighted by atomic mass is 9.84. The van der Waals surface area contributed by atoms with Gasteiger partial charge in [-0.15, -0.1) is 12.4 Å². The number of amides is 2. The van der Waals surface area contributed by atoms with Crippen LogP contribution in [0.2, 0.25) is 0 Å². The molecule has 0 heterocycles. The van der Waals surface area contributed by atoms with Crippen molar-refractivity contribution in [1.29, 1.82) is 0 Å². The van der Waals surface area contributed by atoms with E-state index in [2.05, 4.69) is 10.6 Å². The number of hydrogen-bond donors (Lipinski definition) is 3. The zero-order chi connectivity index (χ0) is 15.9. The predicted octanol–water partition coefficient (Wildman–Crippen LogP) is 2.70. The van der Waals surface area contributed by atoms with Gasteiger partial charge in [-0.1, -0.05) is 25.8 Å². The summed E-state index contributed by atoms with van der Waals surface area (Å²) in [5, 5.41) is 5.87. The van der Waals surface area contributed by atoms with E-state index in [1.807, 2.05) is 0 Å². The molecule has 2 unspecified atom stereocenters. The van der Waals surface area contributed by atoms with E-state index < -0.39 is 0 Å². The summed E-state index contributed by atoms with van der Waals surface area (Å²) < 4.78 is 0. The van der Waals surface area contributed by atoms with Gasteiger partial charge in [0, 0.05) is 23.7 Å². The molecule has 1 fully saturated rings. The molecule has 0 aliphatic heterocycles. The molecule has 4 N–H and O–H groups in total. The average Bonchev–Trinajstić information content (AvgIpc) is 2.55. The van der Waals surface area contributed by atoms with Crippen LogP contribution >= 0.6 is 12.4 Å². The molecule has 0 radical (unpaired) electrons. The van der Waals surface area contributed by atoms with E-state index in [9.17, 15) is 9.59 Å². The van der Waals surface area contributed by atoms with Crippen molar-refractivity contribution in [3.05, 3.63) is 29.8 Å². The van der Waals surface area contributed by atoms with Crippen LogP contribution in [-0.2, 0) is 4.79 Å². The fourth-order valence-electron chi connectivity index (χ4n) is 2.92. The lowest BCUT2D eigenvalue weighted by Gasteiger charge is -2.31. The number of carbonyl (C=O) groups is 2. The number of anilines is 1. The highest BCUT2D eigenvalue weighted by atomic mass is 35.5. The second-order valence-electron chi connectivity index (χ2n) is 5.84. The van der Waals surface area contributed by atoms with Crippen LogP contribution in [0.3, 0.4) is 0 Å². The van der Waals surface area contributed by atoms with Crippen molar-refractivity contribution < 1.29 is 9.59 Å². The molecule has 5 nitrogen and oxygen atoms in total. The number of nitrogens with one attached hydrogen (secondary N) is 2. The topological polar surface area (TPSA) is 84.2 Å². The zero-order valence-corrected chi connectivity index (χ0v) is 14.3. The van der Waals surface area contributed by atoms with Crippen molar-refractivity contribution in [3.8, 4) is 0 Å². The Kier molecular flexibility index (Phi) is 8.06. The molecule has 2 amide bonds. The number of benzene rings is 1. The van der Waals surface area contributed by atoms with E-state index in [-0.39, 0.29) is 30.3 Å². The summed E-state index contributed by atoms with van der Waals surface area (Å²) >= 11 is 0. The zero-order valence-electron chi connectivity index (χ0n) is 13.5. The minimum Gasteiger partial charge on any atom is -0.349 e. The maximum atomic E-state index is 12.4. The Labute approximate surface area is 143 Å². The Morgan fingerprint density at radius 1 is 1.26 bits per heavy atom. The van der Waals surface area contributed by atoms with Gasteiger partial charge >= 0.3 is 0 Å². The molecule has 1 aliphatic rings. The van der Waals surface area contributed by atoms with Crippen molar-refractivity contribution in [2.24, 2.45) is 11.7 Å². The van der Waals surface area contributed by atoms with E-state index in [1.165, 1.54) is 6.42 Å². The molecular formula is C17H26ClN3O2. The normalized spacial score (nSPS) is 20.3. The fourth-order valence-corrected chi connectivity index (χ4v) is 2.92. The smallest absolute Gasteiger partial charge is 0.251 e. The van der Waals surface area contributed by atoms with E-state index in [0.29, 0.717) is 30.1 Å². The maximum Gasteiger partial charge on any atom is 0.251 e. The van der Waals surface area contributed by atoms with Crippen LogP contribution in [0.5, 0.6) is 0 Å². The van der Waals surface area contributed by atoms with Gasteiger partial charge in [-0.3, -0.25) is 9.59 Å². The Balaban J connectivity index is 0.00000264. The molecule has 1 aromatic carbocycles. The largest absolute Gasteiger partial charge is 0.349 e. The van der Waals surface area contributed by atoms with E-state index in [4.69, 9.17) is 5.73 Å². The van der Waals surface area contributed by atoms with E-state index >= 15 is 0 Å². The first-order valence-electron chi connectivity index (χ1n) is 8.05. The highest BCUT2D eigenvalue weighted by Gasteiger charge is 2.25. The fraction of sp³-hybridized carbons (Fsp3) is 0.529. The molecule has 0 saturated heterocycles. The Morgan fingerprint density at radius 2 is 2.00 bits per heavy atom. The van der Waals surface area contributed by atoms with Crippen molar-refractivity contribution in [1.82, 2.24) is 5.32 Å². The maximum absolute atomic E-state index is 12.4. The first-order valence-corrected chi connectivity index (χ1v) is 8.05. The van der Waals surface area contributed by atoms with Crippen molar-refractivity contribution in [2.45, 2.75) is 45.1 Å². The molecular weight excluding hydrogens is 314 g/mol. The highest BCUT2D eigenvalue weighted by Crippen LogP contribution is 2.24. The number of nitrogens with two attached hydrogens (primary N) is 1. The molecule has 2 rings (SSSR count). The van der Waals surface area contributed by atoms with Gasteiger partial charge in [0.1, 0.15) is 0 Å². The summed E-state index contributed by atoms with van der Waals surface area (Å²) in [5.74, 6) is 0.201. The molecule has 0 spiro atoms. The first-order chi connectivity index (χ1) is 10.6. The van der Waals surface area contributed by atoms with Crippen LogP contribution < -0.4 is 16.4 Å². The van der Waals surface area contributed by atoms with E-state index in [0.717, 1.165) is 19.3 Å². The van der Waals surface area contributed by atoms with Gasteiger partial charge in [-0.25, -0.2) is 0 Å². The van der Waals surface area contributed by atoms with E-state index in [1.54, 1.807) is 31.2 Å². The summed E-state index contributed by atoms with van der Waals surface area (Å²) in [6.07, 6.45) is 4.80. The summed E-state index contributed by atoms with van der Waals surface area (Å²) in [6.45, 7) is 2.40. The Bertz CT molecular complexity index is 536. The van der Waals surface area contributed by atoms with Gasteiger partial charge in [0.2, 0.25) is 5.91 Å². The minimum atomic E-state index is -0.0991. The quantitative estimate of drug-likeness (QED) is 0.771. The van der Waals surface area contributed by atoms with Gasteiger partial charge < -0.3 is 16.4 Å². The standard InChI is InChI=1S/C17H25N3O2.ClH/c1-2-16(21)19-14-8-5-7-12(10-14)17(22)20-15-9-4-3-6-13(15)11-18;/h5,7-8,10,13,15H,2-4,6,9,11,18H2,1H3,(H,19,21)(H,20,22);1H. The van der Waals surface area contributed by atoms with Gasteiger partial charge in [0.25, 0.3) is 5.91 Å². The number of carbonyl (C=O) groups excluding carboxylic acids is 2. The SMILES string of the molecule is CCC(=O)Nc1cccc(C(=O)NC2CCCCC2CN)c1.Cl. The molecule has 2 atom stereocenters. The second-order valence-corrected chi connectivity index (χ2v) is 5.84. The monoisotopic (exact) mass is 339 g/mol. The molecule has 128 valence electrons. The third kappa shape index (κ3) is 5.52. The van der Waals surface area contributed by atoms with Crippen LogP contribution in [0.15, 0.2) is 24.3 Å². The number of rotatable bonds is 5. The van der Waals surface area contributed by atoms with Crippen LogP contribution in [0, 0.1) is 5.92 Å². The second kappa shape index (κ2) is 9.53. The lowest BCUT2D eigenvalue weighted by molar-refractivity contribution is -0.115. The van der Waals surface area contributed by atoms with Crippen LogP contribution in [0.1, 0.15) is 49.4 Å². The summed E-state index contributed by atoms with van der Waals surface area (Å²) in [6, 6.07) is 7.19. The summed E-state index contributed by atoms with van der Waals surface area (Å²) in [5.41, 5.74) is 7.02. The number of halogens is 1. The summed E-state index contributed by atoms with van der Waals surface area (Å²) in [4.78, 5) is 23.9. The van der Waals surface area contributed by atoms with Crippen molar-refractivity contribution in [2.75, 3.05) is 11.9 Å². The Hall–Kier alpha value is -1.59. The molecule has 1 saturated carbocycles. The number of hydrogen-bond acceptors (Lipinski definition) is 3.